The molecule has 204 valence electrons. The average molecular weight is 610 g/mol. The van der Waals surface area contributed by atoms with Gasteiger partial charge in [-0.15, -0.1) is 0 Å². The normalized spacial score (nSPS) is 18.5. The summed E-state index contributed by atoms with van der Waals surface area (Å²) in [6.07, 6.45) is 2.17. The molecule has 1 heterocycles. The van der Waals surface area contributed by atoms with E-state index in [9.17, 15) is 18.3 Å². The molecule has 39 heavy (non-hydrogen) atoms. The molecule has 0 saturated heterocycles. The van der Waals surface area contributed by atoms with Gasteiger partial charge in [-0.3, -0.25) is 0 Å². The molecule has 2 unspecified atom stereocenters. The number of nitrogens with zero attached hydrogens (tertiary/aromatic N) is 1. The molecular formula is C29H33BrLiNO6S. The topological polar surface area (TPSA) is 114 Å². The third kappa shape index (κ3) is 7.27. The van der Waals surface area contributed by atoms with Crippen LogP contribution in [0.5, 0.6) is 5.75 Å². The second-order valence-corrected chi connectivity index (χ2v) is 12.4. The van der Waals surface area contributed by atoms with Crippen LogP contribution in [0.25, 0.3) is 0 Å². The van der Waals surface area contributed by atoms with Gasteiger partial charge in [0.1, 0.15) is 5.75 Å². The van der Waals surface area contributed by atoms with Crippen LogP contribution in [0.15, 0.2) is 82.2 Å². The second-order valence-electron chi connectivity index (χ2n) is 9.64. The maximum atomic E-state index is 13.9. The molecule has 0 saturated carbocycles. The zero-order valence-corrected chi connectivity index (χ0v) is 24.9. The standard InChI is InChI=1S/C29H32BrNO5S.Li.H2O/c1-3-5-16-29(4-2)19-31(22-14-10-7-11-15-22)24-17-23(30)25(18-26(24)37(34,35)20-29)36-27(28(32)33)21-12-8-6-9-13-21;;/h6-15,17-18,27H,3-5,16,19-20H2,1-2H3,(H,32,33);;1H2/q;+1;/p-1. The number of ether oxygens (including phenoxy) is 1. The largest absolute Gasteiger partial charge is 1.00 e. The molecule has 0 amide bonds. The maximum Gasteiger partial charge on any atom is 1.00 e. The number of unbranched alkanes of at least 4 members (excludes halogenated alkanes) is 1. The van der Waals surface area contributed by atoms with Gasteiger partial charge in [-0.2, -0.15) is 0 Å². The second kappa shape index (κ2) is 13.9. The Balaban J connectivity index is 0.00000267. The molecule has 2 atom stereocenters. The van der Waals surface area contributed by atoms with Crippen LogP contribution in [0.4, 0.5) is 11.4 Å². The van der Waals surface area contributed by atoms with Gasteiger partial charge < -0.3 is 20.2 Å². The first-order valence-electron chi connectivity index (χ1n) is 12.5. The molecule has 0 spiro atoms. The first-order chi connectivity index (χ1) is 17.7. The molecule has 0 radical (unpaired) electrons. The zero-order valence-electron chi connectivity index (χ0n) is 22.5. The number of carboxylic acids is 1. The number of rotatable bonds is 9. The van der Waals surface area contributed by atoms with Gasteiger partial charge in [-0.05, 0) is 47.0 Å². The number of carboxylic acid groups (broad SMARTS) is 1. The molecule has 1 aliphatic rings. The number of hydrogen-bond acceptors (Lipinski definition) is 6. The van der Waals surface area contributed by atoms with Crippen molar-refractivity contribution in [1.82, 2.24) is 0 Å². The van der Waals surface area contributed by atoms with E-state index in [0.29, 0.717) is 22.3 Å². The van der Waals surface area contributed by atoms with Crippen molar-refractivity contribution < 1.29 is 47.4 Å². The number of anilines is 2. The number of fused-ring (bicyclic) bond motifs is 1. The van der Waals surface area contributed by atoms with E-state index >= 15 is 0 Å². The number of para-hydroxylation sites is 1. The molecule has 3 aromatic carbocycles. The van der Waals surface area contributed by atoms with E-state index in [1.165, 1.54) is 6.07 Å². The van der Waals surface area contributed by atoms with Crippen molar-refractivity contribution >= 4 is 43.1 Å². The van der Waals surface area contributed by atoms with Crippen LogP contribution < -0.4 is 28.5 Å². The van der Waals surface area contributed by atoms with Crippen molar-refractivity contribution in [3.63, 3.8) is 0 Å². The van der Waals surface area contributed by atoms with Gasteiger partial charge in [0.25, 0.3) is 0 Å². The van der Waals surface area contributed by atoms with Gasteiger partial charge in [-0.25, -0.2) is 13.2 Å². The fourth-order valence-corrected chi connectivity index (χ4v) is 7.57. The first-order valence-corrected chi connectivity index (χ1v) is 15.0. The Hall–Kier alpha value is -2.28. The fraction of sp³-hybridized carbons (Fsp3) is 0.345. The Labute approximate surface area is 251 Å². The monoisotopic (exact) mass is 609 g/mol. The summed E-state index contributed by atoms with van der Waals surface area (Å²) >= 11 is 3.54. The smallest absolute Gasteiger partial charge is 0.870 e. The van der Waals surface area contributed by atoms with Gasteiger partial charge in [0.15, 0.2) is 9.84 Å². The average Bonchev–Trinajstić information content (AvgIpc) is 2.99. The van der Waals surface area contributed by atoms with Crippen molar-refractivity contribution in [2.45, 2.75) is 50.5 Å². The summed E-state index contributed by atoms with van der Waals surface area (Å²) in [5, 5.41) is 9.87. The van der Waals surface area contributed by atoms with Gasteiger partial charge >= 0.3 is 24.8 Å². The third-order valence-corrected chi connectivity index (χ3v) is 9.69. The molecule has 0 aromatic heterocycles. The van der Waals surface area contributed by atoms with Crippen LogP contribution in [-0.4, -0.2) is 37.3 Å². The molecule has 3 aromatic rings. The molecule has 10 heteroatoms. The maximum absolute atomic E-state index is 13.9. The van der Waals surface area contributed by atoms with Gasteiger partial charge in [-0.1, -0.05) is 75.2 Å². The van der Waals surface area contributed by atoms with Crippen molar-refractivity contribution in [1.29, 1.82) is 0 Å². The molecule has 4 rings (SSSR count). The van der Waals surface area contributed by atoms with E-state index in [2.05, 4.69) is 34.7 Å². The number of halogens is 1. The zero-order chi connectivity index (χ0) is 26.6. The van der Waals surface area contributed by atoms with Crippen LogP contribution >= 0.6 is 15.9 Å². The minimum absolute atomic E-state index is 0. The van der Waals surface area contributed by atoms with E-state index in [0.717, 1.165) is 31.4 Å². The van der Waals surface area contributed by atoms with Crippen LogP contribution in [0.2, 0.25) is 0 Å². The van der Waals surface area contributed by atoms with Crippen molar-refractivity contribution in [2.24, 2.45) is 5.41 Å². The van der Waals surface area contributed by atoms with Crippen molar-refractivity contribution in [3.05, 3.63) is 82.8 Å². The van der Waals surface area contributed by atoms with E-state index < -0.39 is 27.3 Å². The molecule has 0 fully saturated rings. The van der Waals surface area contributed by atoms with Crippen molar-refractivity contribution in [2.75, 3.05) is 17.2 Å². The predicted molar refractivity (Wildman–Crippen MR) is 151 cm³/mol. The Bertz CT molecular complexity index is 1360. The van der Waals surface area contributed by atoms with E-state index in [1.807, 2.05) is 30.3 Å². The summed E-state index contributed by atoms with van der Waals surface area (Å²) in [6.45, 7) is 4.74. The number of carbonyl (C=O) groups is 1. The summed E-state index contributed by atoms with van der Waals surface area (Å²) in [5.41, 5.74) is 1.51. The Morgan fingerprint density at radius 2 is 1.69 bits per heavy atom. The van der Waals surface area contributed by atoms with Crippen molar-refractivity contribution in [3.8, 4) is 5.75 Å². The van der Waals surface area contributed by atoms with E-state index in [-0.39, 0.29) is 40.7 Å². The number of benzene rings is 3. The summed E-state index contributed by atoms with van der Waals surface area (Å²) in [4.78, 5) is 14.3. The molecule has 2 N–H and O–H groups in total. The summed E-state index contributed by atoms with van der Waals surface area (Å²) in [6, 6.07) is 21.6. The minimum Gasteiger partial charge on any atom is -0.870 e. The number of aliphatic carboxylic acids is 1. The summed E-state index contributed by atoms with van der Waals surface area (Å²) in [5.74, 6) is -0.967. The Kier molecular flexibility index (Phi) is 11.7. The quantitative estimate of drug-likeness (QED) is 0.365. The molecule has 1 aliphatic heterocycles. The fourth-order valence-electron chi connectivity index (χ4n) is 4.97. The van der Waals surface area contributed by atoms with E-state index in [4.69, 9.17) is 4.74 Å². The minimum atomic E-state index is -3.72. The Morgan fingerprint density at radius 1 is 1.08 bits per heavy atom. The Morgan fingerprint density at radius 3 is 2.26 bits per heavy atom. The van der Waals surface area contributed by atoms with Crippen LogP contribution in [0, 0.1) is 5.41 Å². The summed E-state index contributed by atoms with van der Waals surface area (Å²) < 4.78 is 34.3. The number of sulfone groups is 1. The van der Waals surface area contributed by atoms with Crippen LogP contribution in [0.1, 0.15) is 51.2 Å². The van der Waals surface area contributed by atoms with E-state index in [1.54, 1.807) is 36.4 Å². The molecule has 0 aliphatic carbocycles. The van der Waals surface area contributed by atoms with Gasteiger partial charge in [0.2, 0.25) is 6.10 Å². The van der Waals surface area contributed by atoms with Gasteiger partial charge in [0.05, 0.1) is 20.8 Å². The van der Waals surface area contributed by atoms with Crippen LogP contribution in [-0.2, 0) is 14.6 Å². The first kappa shape index (κ1) is 32.9. The molecular weight excluding hydrogens is 577 g/mol. The van der Waals surface area contributed by atoms with Crippen LogP contribution in [0.3, 0.4) is 0 Å². The van der Waals surface area contributed by atoms with Gasteiger partial charge in [0, 0.05) is 29.3 Å². The number of hydrogen-bond donors (Lipinski definition) is 1. The molecule has 0 bridgehead atoms. The predicted octanol–water partition coefficient (Wildman–Crippen LogP) is 3.99. The molecule has 7 nitrogen and oxygen atoms in total. The summed E-state index contributed by atoms with van der Waals surface area (Å²) in [7, 11) is -3.72. The third-order valence-electron chi connectivity index (χ3n) is 7.08. The SMILES string of the molecule is CCCCC1(CC)CN(c2ccccc2)c2cc(Br)c(OC(C(=O)O)c3ccccc3)cc2S(=O)(=O)C1.[Li+].[OH-].